The summed E-state index contributed by atoms with van der Waals surface area (Å²) in [6.07, 6.45) is 18.3. The molecule has 0 aliphatic heterocycles. The van der Waals surface area contributed by atoms with Gasteiger partial charge in [0.2, 0.25) is 0 Å². The van der Waals surface area contributed by atoms with E-state index in [1.807, 2.05) is 0 Å². The van der Waals surface area contributed by atoms with Crippen LogP contribution < -0.4 is 0 Å². The molecule has 0 bridgehead atoms. The van der Waals surface area contributed by atoms with Gasteiger partial charge in [-0.25, -0.2) is 0 Å². The monoisotopic (exact) mass is 250 g/mol. The fourth-order valence-corrected chi connectivity index (χ4v) is 4.24. The molecule has 0 aromatic rings. The predicted molar refractivity (Wildman–Crippen MR) is 80.7 cm³/mol. The fourth-order valence-electron chi connectivity index (χ4n) is 4.24. The lowest BCUT2D eigenvalue weighted by Crippen LogP contribution is -2.15. The second kappa shape index (κ2) is 7.56. The van der Waals surface area contributed by atoms with Gasteiger partial charge in [-0.15, -0.1) is 0 Å². The molecular formula is C18H34. The van der Waals surface area contributed by atoms with Gasteiger partial charge < -0.3 is 0 Å². The van der Waals surface area contributed by atoms with E-state index >= 15 is 0 Å². The zero-order chi connectivity index (χ0) is 12.8. The van der Waals surface area contributed by atoms with Gasteiger partial charge in [-0.1, -0.05) is 90.9 Å². The summed E-state index contributed by atoms with van der Waals surface area (Å²) in [5.41, 5.74) is 0. The Balaban J connectivity index is 1.53. The molecule has 2 rings (SSSR count). The van der Waals surface area contributed by atoms with Crippen LogP contribution in [0.2, 0.25) is 0 Å². The maximum Gasteiger partial charge on any atom is -0.0414 e. The van der Waals surface area contributed by atoms with Crippen molar-refractivity contribution in [2.24, 2.45) is 23.7 Å². The fraction of sp³-hybridized carbons (Fsp3) is 1.00. The minimum atomic E-state index is 1.02. The van der Waals surface area contributed by atoms with E-state index in [0.717, 1.165) is 23.7 Å². The van der Waals surface area contributed by atoms with Crippen LogP contribution in [0.4, 0.5) is 0 Å². The molecule has 18 heavy (non-hydrogen) atoms. The van der Waals surface area contributed by atoms with Gasteiger partial charge in [-0.2, -0.15) is 0 Å². The Morgan fingerprint density at radius 2 is 1.11 bits per heavy atom. The van der Waals surface area contributed by atoms with Gasteiger partial charge >= 0.3 is 0 Å². The Labute approximate surface area is 115 Å². The zero-order valence-corrected chi connectivity index (χ0v) is 12.8. The van der Waals surface area contributed by atoms with Crippen LogP contribution in [-0.4, -0.2) is 0 Å². The summed E-state index contributed by atoms with van der Waals surface area (Å²) in [5.74, 6) is 4.27. The molecule has 0 nitrogen and oxygen atoms in total. The Morgan fingerprint density at radius 3 is 1.61 bits per heavy atom. The average molecular weight is 250 g/mol. The van der Waals surface area contributed by atoms with E-state index in [0.29, 0.717) is 0 Å². The third-order valence-corrected chi connectivity index (χ3v) is 5.90. The SMILES string of the molecule is CCC1CCC(CCCC2CCC(C)CC2)CC1. The Kier molecular flexibility index (Phi) is 6.05. The second-order valence-corrected chi connectivity index (χ2v) is 7.35. The molecule has 0 heterocycles. The first-order chi connectivity index (χ1) is 8.78. The van der Waals surface area contributed by atoms with E-state index in [2.05, 4.69) is 13.8 Å². The molecule has 2 aliphatic rings. The lowest BCUT2D eigenvalue weighted by molar-refractivity contribution is 0.235. The van der Waals surface area contributed by atoms with E-state index in [1.54, 1.807) is 25.7 Å². The van der Waals surface area contributed by atoms with E-state index in [4.69, 9.17) is 0 Å². The minimum Gasteiger partial charge on any atom is -0.0651 e. The van der Waals surface area contributed by atoms with Crippen molar-refractivity contribution in [2.75, 3.05) is 0 Å². The second-order valence-electron chi connectivity index (χ2n) is 7.35. The van der Waals surface area contributed by atoms with Crippen molar-refractivity contribution in [3.8, 4) is 0 Å². The van der Waals surface area contributed by atoms with Crippen molar-refractivity contribution in [3.63, 3.8) is 0 Å². The average Bonchev–Trinajstić information content (AvgIpc) is 2.42. The van der Waals surface area contributed by atoms with Gasteiger partial charge in [0.25, 0.3) is 0 Å². The summed E-state index contributed by atoms with van der Waals surface area (Å²) in [4.78, 5) is 0. The summed E-state index contributed by atoms with van der Waals surface area (Å²) in [7, 11) is 0. The van der Waals surface area contributed by atoms with Crippen molar-refractivity contribution in [1.82, 2.24) is 0 Å². The van der Waals surface area contributed by atoms with Crippen LogP contribution in [0.3, 0.4) is 0 Å². The summed E-state index contributed by atoms with van der Waals surface area (Å²) in [6.45, 7) is 4.80. The van der Waals surface area contributed by atoms with Crippen LogP contribution in [0.5, 0.6) is 0 Å². The molecule has 0 heteroatoms. The lowest BCUT2D eigenvalue weighted by Gasteiger charge is -2.29. The normalized spacial score (nSPS) is 37.7. The Hall–Kier alpha value is 0. The predicted octanol–water partition coefficient (Wildman–Crippen LogP) is 6.20. The quantitative estimate of drug-likeness (QED) is 0.545. The number of rotatable bonds is 5. The summed E-state index contributed by atoms with van der Waals surface area (Å²) in [6, 6.07) is 0. The summed E-state index contributed by atoms with van der Waals surface area (Å²) >= 11 is 0. The molecule has 106 valence electrons. The van der Waals surface area contributed by atoms with Crippen molar-refractivity contribution < 1.29 is 0 Å². The molecule has 0 N–H and O–H groups in total. The van der Waals surface area contributed by atoms with Gasteiger partial charge in [-0.3, -0.25) is 0 Å². The minimum absolute atomic E-state index is 1.02. The van der Waals surface area contributed by atoms with E-state index in [-0.39, 0.29) is 0 Å². The van der Waals surface area contributed by atoms with Gasteiger partial charge in [0.1, 0.15) is 0 Å². The zero-order valence-electron chi connectivity index (χ0n) is 12.8. The van der Waals surface area contributed by atoms with Crippen LogP contribution in [0.25, 0.3) is 0 Å². The third kappa shape index (κ3) is 4.59. The van der Waals surface area contributed by atoms with Crippen LogP contribution in [0, 0.1) is 23.7 Å². The highest BCUT2D eigenvalue weighted by Gasteiger charge is 2.21. The van der Waals surface area contributed by atoms with Crippen LogP contribution in [0.1, 0.15) is 90.9 Å². The molecule has 2 aliphatic carbocycles. The Bertz CT molecular complexity index is 204. The maximum absolute atomic E-state index is 2.43. The van der Waals surface area contributed by atoms with Crippen molar-refractivity contribution in [3.05, 3.63) is 0 Å². The summed E-state index contributed by atoms with van der Waals surface area (Å²) in [5, 5.41) is 0. The highest BCUT2D eigenvalue weighted by Crippen LogP contribution is 2.35. The summed E-state index contributed by atoms with van der Waals surface area (Å²) < 4.78 is 0. The Morgan fingerprint density at radius 1 is 0.667 bits per heavy atom. The third-order valence-electron chi connectivity index (χ3n) is 5.90. The first-order valence-electron chi connectivity index (χ1n) is 8.78. The number of hydrogen-bond acceptors (Lipinski definition) is 0. The first kappa shape index (κ1) is 14.4. The van der Waals surface area contributed by atoms with Gasteiger partial charge in [0.05, 0.1) is 0 Å². The standard InChI is InChI=1S/C18H34/c1-3-16-11-13-18(14-12-16)6-4-5-17-9-7-15(2)8-10-17/h15-18H,3-14H2,1-2H3. The largest absolute Gasteiger partial charge is 0.0651 e. The van der Waals surface area contributed by atoms with Crippen molar-refractivity contribution in [2.45, 2.75) is 90.9 Å². The molecule has 0 spiro atoms. The van der Waals surface area contributed by atoms with Gasteiger partial charge in [0.15, 0.2) is 0 Å². The molecule has 0 unspecified atom stereocenters. The van der Waals surface area contributed by atoms with Crippen molar-refractivity contribution >= 4 is 0 Å². The van der Waals surface area contributed by atoms with Crippen LogP contribution in [-0.2, 0) is 0 Å². The van der Waals surface area contributed by atoms with Crippen molar-refractivity contribution in [1.29, 1.82) is 0 Å². The molecule has 0 amide bonds. The molecule has 2 saturated carbocycles. The molecule has 0 atom stereocenters. The molecular weight excluding hydrogens is 216 g/mol. The van der Waals surface area contributed by atoms with Gasteiger partial charge in [0, 0.05) is 0 Å². The van der Waals surface area contributed by atoms with E-state index in [9.17, 15) is 0 Å². The maximum atomic E-state index is 2.43. The van der Waals surface area contributed by atoms with Crippen LogP contribution in [0.15, 0.2) is 0 Å². The van der Waals surface area contributed by atoms with E-state index in [1.165, 1.54) is 51.4 Å². The molecule has 0 saturated heterocycles. The molecule has 0 aromatic heterocycles. The molecule has 0 radical (unpaired) electrons. The highest BCUT2D eigenvalue weighted by molar-refractivity contribution is 4.74. The van der Waals surface area contributed by atoms with E-state index < -0.39 is 0 Å². The first-order valence-corrected chi connectivity index (χ1v) is 8.78. The highest BCUT2D eigenvalue weighted by atomic mass is 14.3. The molecule has 2 fully saturated rings. The lowest BCUT2D eigenvalue weighted by atomic mass is 9.77. The smallest absolute Gasteiger partial charge is 0.0414 e. The number of hydrogen-bond donors (Lipinski definition) is 0. The topological polar surface area (TPSA) is 0 Å². The molecule has 0 aromatic carbocycles. The van der Waals surface area contributed by atoms with Gasteiger partial charge in [-0.05, 0) is 23.7 Å². The van der Waals surface area contributed by atoms with Crippen LogP contribution >= 0.6 is 0 Å².